The van der Waals surface area contributed by atoms with E-state index in [4.69, 9.17) is 21.1 Å². The van der Waals surface area contributed by atoms with Gasteiger partial charge in [-0.3, -0.25) is 9.69 Å². The van der Waals surface area contributed by atoms with Crippen LogP contribution < -0.4 is 14.8 Å². The first kappa shape index (κ1) is 20.7. The highest BCUT2D eigenvalue weighted by Crippen LogP contribution is 2.38. The number of amides is 3. The zero-order valence-corrected chi connectivity index (χ0v) is 16.8. The number of nitrogens with zero attached hydrogens (tertiary/aromatic N) is 1. The molecule has 0 aromatic heterocycles. The van der Waals surface area contributed by atoms with Crippen molar-refractivity contribution in [1.29, 1.82) is 0 Å². The summed E-state index contributed by atoms with van der Waals surface area (Å²) in [5.74, 6) is -0.159. The third-order valence-electron chi connectivity index (χ3n) is 4.25. The Bertz CT molecular complexity index is 977. The van der Waals surface area contributed by atoms with Crippen LogP contribution in [0, 0.1) is 5.82 Å². The zero-order chi connectivity index (χ0) is 21.0. The molecular formula is C21H20ClFN2O4. The summed E-state index contributed by atoms with van der Waals surface area (Å²) in [7, 11) is 0. The minimum Gasteiger partial charge on any atom is -0.490 e. The maximum atomic E-state index is 13.8. The van der Waals surface area contributed by atoms with Crippen molar-refractivity contribution in [1.82, 2.24) is 10.2 Å². The molecule has 29 heavy (non-hydrogen) atoms. The molecule has 0 bridgehead atoms. The summed E-state index contributed by atoms with van der Waals surface area (Å²) in [6.45, 7) is 4.13. The van der Waals surface area contributed by atoms with Crippen molar-refractivity contribution in [2.45, 2.75) is 20.5 Å². The molecule has 0 unspecified atom stereocenters. The van der Waals surface area contributed by atoms with Gasteiger partial charge in [0.25, 0.3) is 5.91 Å². The first-order valence-electron chi connectivity index (χ1n) is 9.11. The van der Waals surface area contributed by atoms with E-state index in [9.17, 15) is 14.0 Å². The van der Waals surface area contributed by atoms with Gasteiger partial charge in [-0.05, 0) is 43.7 Å². The minimum atomic E-state index is -0.468. The average Bonchev–Trinajstić information content (AvgIpc) is 2.95. The van der Waals surface area contributed by atoms with E-state index in [0.29, 0.717) is 23.5 Å². The maximum Gasteiger partial charge on any atom is 0.328 e. The molecule has 152 valence electrons. The van der Waals surface area contributed by atoms with Gasteiger partial charge >= 0.3 is 6.03 Å². The number of nitrogens with one attached hydrogen (secondary N) is 1. The van der Waals surface area contributed by atoms with Crippen molar-refractivity contribution in [2.24, 2.45) is 0 Å². The van der Waals surface area contributed by atoms with E-state index in [-0.39, 0.29) is 35.4 Å². The molecule has 1 aliphatic heterocycles. The average molecular weight is 419 g/mol. The van der Waals surface area contributed by atoms with Gasteiger partial charge in [0, 0.05) is 12.1 Å². The lowest BCUT2D eigenvalue weighted by molar-refractivity contribution is -0.122. The van der Waals surface area contributed by atoms with Crippen LogP contribution in [0.5, 0.6) is 11.5 Å². The van der Waals surface area contributed by atoms with Crippen molar-refractivity contribution in [2.75, 3.05) is 13.2 Å². The minimum absolute atomic E-state index is 0.0209. The lowest BCUT2D eigenvalue weighted by Crippen LogP contribution is -2.30. The first-order valence-corrected chi connectivity index (χ1v) is 9.49. The topological polar surface area (TPSA) is 67.9 Å². The summed E-state index contributed by atoms with van der Waals surface area (Å²) < 4.78 is 25.2. The maximum absolute atomic E-state index is 13.8. The van der Waals surface area contributed by atoms with Crippen molar-refractivity contribution in [3.05, 3.63) is 64.1 Å². The van der Waals surface area contributed by atoms with Crippen LogP contribution >= 0.6 is 11.6 Å². The number of ether oxygens (including phenoxy) is 2. The van der Waals surface area contributed by atoms with Crippen LogP contribution in [-0.2, 0) is 11.4 Å². The van der Waals surface area contributed by atoms with Gasteiger partial charge in [0.2, 0.25) is 0 Å². The van der Waals surface area contributed by atoms with Gasteiger partial charge in [-0.15, -0.1) is 0 Å². The first-order chi connectivity index (χ1) is 13.9. The van der Waals surface area contributed by atoms with Crippen LogP contribution in [-0.4, -0.2) is 30.0 Å². The molecule has 0 radical (unpaired) electrons. The Morgan fingerprint density at radius 1 is 1.17 bits per heavy atom. The largest absolute Gasteiger partial charge is 0.490 e. The Morgan fingerprint density at radius 2 is 1.93 bits per heavy atom. The van der Waals surface area contributed by atoms with Crippen molar-refractivity contribution in [3.8, 4) is 11.5 Å². The van der Waals surface area contributed by atoms with E-state index in [1.54, 1.807) is 44.2 Å². The fraction of sp³-hybridized carbons (Fsp3) is 0.238. The number of rotatable bonds is 7. The molecule has 3 amide bonds. The molecule has 1 aliphatic rings. The lowest BCUT2D eigenvalue weighted by Gasteiger charge is -2.15. The van der Waals surface area contributed by atoms with Gasteiger partial charge in [0.15, 0.2) is 11.5 Å². The van der Waals surface area contributed by atoms with Crippen molar-refractivity contribution in [3.63, 3.8) is 0 Å². The number of likely N-dealkylation sites (N-methyl/N-ethyl adjacent to an activating group) is 1. The SMILES string of the molecule is CCOc1cc(/C=C2/NC(=O)N(CC)C2=O)cc(Cl)c1OCc1ccccc1F. The van der Waals surface area contributed by atoms with Crippen LogP contribution in [0.2, 0.25) is 5.02 Å². The Morgan fingerprint density at radius 3 is 2.59 bits per heavy atom. The van der Waals surface area contributed by atoms with E-state index in [2.05, 4.69) is 5.32 Å². The molecule has 1 saturated heterocycles. The molecule has 1 N–H and O–H groups in total. The Kier molecular flexibility index (Phi) is 6.39. The summed E-state index contributed by atoms with van der Waals surface area (Å²) >= 11 is 6.37. The van der Waals surface area contributed by atoms with Crippen molar-refractivity contribution >= 4 is 29.6 Å². The van der Waals surface area contributed by atoms with Gasteiger partial charge < -0.3 is 14.8 Å². The lowest BCUT2D eigenvalue weighted by atomic mass is 10.1. The van der Waals surface area contributed by atoms with Crippen molar-refractivity contribution < 1.29 is 23.5 Å². The molecule has 2 aromatic rings. The van der Waals surface area contributed by atoms with Gasteiger partial charge in [0.05, 0.1) is 11.6 Å². The van der Waals surface area contributed by atoms with E-state index in [1.807, 2.05) is 0 Å². The molecule has 0 atom stereocenters. The quantitative estimate of drug-likeness (QED) is 0.535. The van der Waals surface area contributed by atoms with E-state index in [0.717, 1.165) is 4.90 Å². The van der Waals surface area contributed by atoms with E-state index < -0.39 is 11.9 Å². The monoisotopic (exact) mass is 418 g/mol. The van der Waals surface area contributed by atoms with Crippen LogP contribution in [0.1, 0.15) is 25.0 Å². The molecular weight excluding hydrogens is 399 g/mol. The molecule has 0 saturated carbocycles. The highest BCUT2D eigenvalue weighted by molar-refractivity contribution is 6.32. The number of urea groups is 1. The predicted octanol–water partition coefficient (Wildman–Crippen LogP) is 4.37. The smallest absolute Gasteiger partial charge is 0.328 e. The van der Waals surface area contributed by atoms with Crippen LogP contribution in [0.15, 0.2) is 42.1 Å². The Labute approximate surface area is 172 Å². The number of hydrogen-bond acceptors (Lipinski definition) is 4. The molecule has 3 rings (SSSR count). The highest BCUT2D eigenvalue weighted by Gasteiger charge is 2.32. The predicted molar refractivity (Wildman–Crippen MR) is 107 cm³/mol. The second-order valence-electron chi connectivity index (χ2n) is 6.18. The number of carbonyl (C=O) groups excluding carboxylic acids is 2. The van der Waals surface area contributed by atoms with Gasteiger partial charge in [-0.2, -0.15) is 0 Å². The third kappa shape index (κ3) is 4.51. The number of benzene rings is 2. The number of hydrogen-bond donors (Lipinski definition) is 1. The van der Waals surface area contributed by atoms with Crippen LogP contribution in [0.25, 0.3) is 6.08 Å². The van der Waals surface area contributed by atoms with Crippen LogP contribution in [0.4, 0.5) is 9.18 Å². The molecule has 1 heterocycles. The third-order valence-corrected chi connectivity index (χ3v) is 4.53. The molecule has 6 nitrogen and oxygen atoms in total. The second kappa shape index (κ2) is 8.96. The Hall–Kier alpha value is -3.06. The molecule has 2 aromatic carbocycles. The highest BCUT2D eigenvalue weighted by atomic mass is 35.5. The Balaban J connectivity index is 1.89. The number of imide groups is 1. The van der Waals surface area contributed by atoms with Gasteiger partial charge in [-0.1, -0.05) is 29.8 Å². The number of carbonyl (C=O) groups is 2. The standard InChI is InChI=1S/C21H20ClFN2O4/c1-3-25-20(26)17(24-21(25)27)10-13-9-15(22)19(18(11-13)28-4-2)29-12-14-7-5-6-8-16(14)23/h5-11H,3-4,12H2,1-2H3,(H,24,27)/b17-10+. The fourth-order valence-corrected chi connectivity index (χ4v) is 3.14. The second-order valence-corrected chi connectivity index (χ2v) is 6.59. The molecule has 1 fully saturated rings. The van der Waals surface area contributed by atoms with Crippen LogP contribution in [0.3, 0.4) is 0 Å². The van der Waals surface area contributed by atoms with Gasteiger partial charge in [-0.25, -0.2) is 9.18 Å². The van der Waals surface area contributed by atoms with E-state index in [1.165, 1.54) is 12.1 Å². The summed E-state index contributed by atoms with van der Waals surface area (Å²) in [4.78, 5) is 25.2. The number of halogens is 2. The molecule has 0 aliphatic carbocycles. The summed E-state index contributed by atoms with van der Waals surface area (Å²) in [6, 6.07) is 9.05. The van der Waals surface area contributed by atoms with Gasteiger partial charge in [0.1, 0.15) is 18.1 Å². The van der Waals surface area contributed by atoms with E-state index >= 15 is 0 Å². The zero-order valence-electron chi connectivity index (χ0n) is 16.0. The summed E-state index contributed by atoms with van der Waals surface area (Å²) in [5, 5.41) is 2.77. The molecule has 8 heteroatoms. The summed E-state index contributed by atoms with van der Waals surface area (Å²) in [5.41, 5.74) is 1.09. The normalized spacial score (nSPS) is 15.0. The summed E-state index contributed by atoms with van der Waals surface area (Å²) in [6.07, 6.45) is 1.52. The fourth-order valence-electron chi connectivity index (χ4n) is 2.87. The molecule has 0 spiro atoms.